The van der Waals surface area contributed by atoms with E-state index in [1.165, 1.54) is 11.1 Å². The van der Waals surface area contributed by atoms with E-state index in [4.69, 9.17) is 0 Å². The van der Waals surface area contributed by atoms with Crippen LogP contribution in [0.25, 0.3) is 10.9 Å². The van der Waals surface area contributed by atoms with Gasteiger partial charge in [-0.3, -0.25) is 5.10 Å². The highest BCUT2D eigenvalue weighted by molar-refractivity contribution is 5.78. The molecule has 1 aromatic heterocycles. The first-order chi connectivity index (χ1) is 8.42. The fraction of sp³-hybridized carbons (Fsp3) is 0.0667. The maximum absolute atomic E-state index is 4.03. The highest BCUT2D eigenvalue weighted by atomic mass is 15.1. The second-order valence-electron chi connectivity index (χ2n) is 4.11. The lowest BCUT2D eigenvalue weighted by molar-refractivity contribution is 1.11. The number of nitrogens with zero attached hydrogens (tertiary/aromatic N) is 1. The van der Waals surface area contributed by atoms with Crippen molar-refractivity contribution in [2.45, 2.75) is 6.42 Å². The van der Waals surface area contributed by atoms with Crippen LogP contribution < -0.4 is 0 Å². The second kappa shape index (κ2) is 4.42. The number of benzene rings is 2. The van der Waals surface area contributed by atoms with Crippen LogP contribution in [0.15, 0.2) is 54.7 Å². The van der Waals surface area contributed by atoms with Gasteiger partial charge in [-0.1, -0.05) is 42.5 Å². The van der Waals surface area contributed by atoms with Gasteiger partial charge in [-0.05, 0) is 30.0 Å². The first kappa shape index (κ1) is 10.1. The van der Waals surface area contributed by atoms with Crippen molar-refractivity contribution < 1.29 is 0 Å². The molecule has 0 saturated heterocycles. The molecule has 0 atom stereocenters. The SMILES string of the molecule is [CH](Cc1ccc2cn[nH]c2c1)c1ccccc1. The zero-order valence-electron chi connectivity index (χ0n) is 9.43. The van der Waals surface area contributed by atoms with E-state index >= 15 is 0 Å². The van der Waals surface area contributed by atoms with Crippen molar-refractivity contribution in [1.82, 2.24) is 10.2 Å². The molecule has 0 bridgehead atoms. The topological polar surface area (TPSA) is 28.7 Å². The number of fused-ring (bicyclic) bond motifs is 1. The first-order valence-electron chi connectivity index (χ1n) is 5.72. The molecule has 0 aliphatic rings. The van der Waals surface area contributed by atoms with Gasteiger partial charge in [-0.2, -0.15) is 5.10 Å². The molecule has 0 fully saturated rings. The molecule has 1 N–H and O–H groups in total. The Morgan fingerprint density at radius 2 is 1.94 bits per heavy atom. The average molecular weight is 221 g/mol. The van der Waals surface area contributed by atoms with Crippen LogP contribution in [0.5, 0.6) is 0 Å². The predicted molar refractivity (Wildman–Crippen MR) is 69.6 cm³/mol. The third-order valence-electron chi connectivity index (χ3n) is 2.88. The number of H-pyrrole nitrogens is 1. The van der Waals surface area contributed by atoms with Crippen LogP contribution in [-0.2, 0) is 6.42 Å². The molecule has 0 aliphatic heterocycles. The molecule has 3 aromatic rings. The number of hydrogen-bond acceptors (Lipinski definition) is 1. The largest absolute Gasteiger partial charge is 0.278 e. The maximum atomic E-state index is 4.03. The molecular formula is C15H13N2. The molecule has 83 valence electrons. The molecule has 0 saturated carbocycles. The Labute approximate surface area is 100 Å². The Bertz CT molecular complexity index is 611. The summed E-state index contributed by atoms with van der Waals surface area (Å²) in [6, 6.07) is 16.8. The molecule has 0 spiro atoms. The van der Waals surface area contributed by atoms with Crippen LogP contribution in [0.2, 0.25) is 0 Å². The van der Waals surface area contributed by atoms with E-state index in [2.05, 4.69) is 59.1 Å². The third-order valence-corrected chi connectivity index (χ3v) is 2.88. The Balaban J connectivity index is 1.76. The minimum Gasteiger partial charge on any atom is -0.278 e. The molecule has 2 nitrogen and oxygen atoms in total. The highest BCUT2D eigenvalue weighted by Crippen LogP contribution is 2.15. The quantitative estimate of drug-likeness (QED) is 0.721. The molecule has 17 heavy (non-hydrogen) atoms. The van der Waals surface area contributed by atoms with Gasteiger partial charge >= 0.3 is 0 Å². The number of aromatic nitrogens is 2. The Morgan fingerprint density at radius 3 is 2.82 bits per heavy atom. The summed E-state index contributed by atoms with van der Waals surface area (Å²) in [5.41, 5.74) is 3.66. The number of nitrogens with one attached hydrogen (secondary N) is 1. The van der Waals surface area contributed by atoms with Crippen LogP contribution in [0.1, 0.15) is 11.1 Å². The zero-order chi connectivity index (χ0) is 11.5. The number of aromatic amines is 1. The van der Waals surface area contributed by atoms with Crippen LogP contribution in [-0.4, -0.2) is 10.2 Å². The second-order valence-corrected chi connectivity index (χ2v) is 4.11. The lowest BCUT2D eigenvalue weighted by Crippen LogP contribution is -1.88. The summed E-state index contributed by atoms with van der Waals surface area (Å²) < 4.78 is 0. The minimum atomic E-state index is 0.943. The van der Waals surface area contributed by atoms with Crippen LogP contribution in [0, 0.1) is 6.42 Å². The van der Waals surface area contributed by atoms with E-state index in [0.717, 1.165) is 17.3 Å². The van der Waals surface area contributed by atoms with Crippen molar-refractivity contribution in [3.63, 3.8) is 0 Å². The number of hydrogen-bond donors (Lipinski definition) is 1. The predicted octanol–water partition coefficient (Wildman–Crippen LogP) is 3.36. The standard InChI is InChI=1S/C15H13N2/c1-2-4-12(5-3-1)6-7-13-8-9-14-11-16-17-15(14)10-13/h1-6,8-11H,7H2,(H,16,17). The summed E-state index contributed by atoms with van der Waals surface area (Å²) >= 11 is 0. The van der Waals surface area contributed by atoms with Gasteiger partial charge < -0.3 is 0 Å². The summed E-state index contributed by atoms with van der Waals surface area (Å²) in [5, 5.41) is 8.18. The van der Waals surface area contributed by atoms with Gasteiger partial charge in [-0.15, -0.1) is 0 Å². The van der Waals surface area contributed by atoms with Crippen LogP contribution in [0.4, 0.5) is 0 Å². The van der Waals surface area contributed by atoms with Crippen molar-refractivity contribution >= 4 is 10.9 Å². The summed E-state index contributed by atoms with van der Waals surface area (Å²) in [7, 11) is 0. The van der Waals surface area contributed by atoms with E-state index in [9.17, 15) is 0 Å². The summed E-state index contributed by atoms with van der Waals surface area (Å²) in [6.45, 7) is 0. The van der Waals surface area contributed by atoms with Gasteiger partial charge in [-0.25, -0.2) is 0 Å². The average Bonchev–Trinajstić information content (AvgIpc) is 2.85. The normalized spacial score (nSPS) is 10.8. The van der Waals surface area contributed by atoms with Crippen molar-refractivity contribution in [2.24, 2.45) is 0 Å². The highest BCUT2D eigenvalue weighted by Gasteiger charge is 1.99. The molecule has 0 aliphatic carbocycles. The fourth-order valence-electron chi connectivity index (χ4n) is 1.94. The van der Waals surface area contributed by atoms with Gasteiger partial charge in [0.05, 0.1) is 11.7 Å². The monoisotopic (exact) mass is 221 g/mol. The smallest absolute Gasteiger partial charge is 0.0653 e. The zero-order valence-corrected chi connectivity index (χ0v) is 9.43. The van der Waals surface area contributed by atoms with Gasteiger partial charge in [0.2, 0.25) is 0 Å². The Morgan fingerprint density at radius 1 is 1.06 bits per heavy atom. The molecule has 1 heterocycles. The molecule has 1 radical (unpaired) electrons. The third kappa shape index (κ3) is 2.21. The van der Waals surface area contributed by atoms with E-state index in [1.54, 1.807) is 0 Å². The van der Waals surface area contributed by atoms with Gasteiger partial charge in [0.1, 0.15) is 0 Å². The van der Waals surface area contributed by atoms with Crippen molar-refractivity contribution in [3.05, 3.63) is 72.3 Å². The van der Waals surface area contributed by atoms with Crippen LogP contribution in [0.3, 0.4) is 0 Å². The van der Waals surface area contributed by atoms with Gasteiger partial charge in [0, 0.05) is 5.39 Å². The van der Waals surface area contributed by atoms with Crippen LogP contribution >= 0.6 is 0 Å². The summed E-state index contributed by atoms with van der Waals surface area (Å²) in [5.74, 6) is 0. The van der Waals surface area contributed by atoms with E-state index < -0.39 is 0 Å². The van der Waals surface area contributed by atoms with Crippen molar-refractivity contribution in [1.29, 1.82) is 0 Å². The van der Waals surface area contributed by atoms with Crippen molar-refractivity contribution in [3.8, 4) is 0 Å². The molecule has 3 rings (SSSR count). The molecule has 2 heteroatoms. The molecule has 0 unspecified atom stereocenters. The Kier molecular flexibility index (Phi) is 2.62. The minimum absolute atomic E-state index is 0.943. The Hall–Kier alpha value is -2.09. The summed E-state index contributed by atoms with van der Waals surface area (Å²) in [4.78, 5) is 0. The summed E-state index contributed by atoms with van der Waals surface area (Å²) in [6.07, 6.45) is 5.02. The number of rotatable bonds is 3. The van der Waals surface area contributed by atoms with E-state index in [0.29, 0.717) is 0 Å². The molecular weight excluding hydrogens is 208 g/mol. The lowest BCUT2D eigenvalue weighted by atomic mass is 10.0. The lowest BCUT2D eigenvalue weighted by Gasteiger charge is -2.01. The van der Waals surface area contributed by atoms with Gasteiger partial charge in [0.25, 0.3) is 0 Å². The molecule has 0 amide bonds. The van der Waals surface area contributed by atoms with E-state index in [-0.39, 0.29) is 0 Å². The maximum Gasteiger partial charge on any atom is 0.0653 e. The van der Waals surface area contributed by atoms with Gasteiger partial charge in [0.15, 0.2) is 0 Å². The first-order valence-corrected chi connectivity index (χ1v) is 5.72. The van der Waals surface area contributed by atoms with Crippen molar-refractivity contribution in [2.75, 3.05) is 0 Å². The molecule has 2 aromatic carbocycles. The van der Waals surface area contributed by atoms with E-state index in [1.807, 2.05) is 12.3 Å². The fourth-order valence-corrected chi connectivity index (χ4v) is 1.94.